The Morgan fingerprint density at radius 2 is 1.94 bits per heavy atom. The number of alkyl halides is 1. The second-order valence-corrected chi connectivity index (χ2v) is 9.63. The van der Waals surface area contributed by atoms with Crippen molar-refractivity contribution in [1.29, 1.82) is 0 Å². The summed E-state index contributed by atoms with van der Waals surface area (Å²) in [4.78, 5) is 4.95. The number of hydrogen-bond acceptors (Lipinski definition) is 6. The number of halogens is 1. The number of allylic oxidation sites excluding steroid dienone is 1. The van der Waals surface area contributed by atoms with Gasteiger partial charge in [0.25, 0.3) is 0 Å². The van der Waals surface area contributed by atoms with Crippen LogP contribution in [-0.4, -0.2) is 74.2 Å². The lowest BCUT2D eigenvalue weighted by Gasteiger charge is -2.38. The number of nitrogens with zero attached hydrogens (tertiary/aromatic N) is 2. The molecule has 1 aromatic carbocycles. The van der Waals surface area contributed by atoms with Crippen LogP contribution in [0.5, 0.6) is 5.75 Å². The van der Waals surface area contributed by atoms with Crippen molar-refractivity contribution in [2.24, 2.45) is 5.92 Å². The van der Waals surface area contributed by atoms with Gasteiger partial charge in [-0.05, 0) is 55.9 Å². The van der Waals surface area contributed by atoms with E-state index in [1.807, 2.05) is 12.1 Å². The summed E-state index contributed by atoms with van der Waals surface area (Å²) in [6, 6.07) is 8.25. The molecule has 1 N–H and O–H groups in total. The number of hydrogen-bond donors (Lipinski definition) is 1. The second-order valence-electron chi connectivity index (χ2n) is 9.16. The quantitative estimate of drug-likeness (QED) is 0.463. The maximum Gasteiger partial charge on any atom is 0.197 e. The van der Waals surface area contributed by atoms with Crippen molar-refractivity contribution < 1.29 is 19.3 Å². The van der Waals surface area contributed by atoms with Crippen LogP contribution in [0.15, 0.2) is 35.6 Å². The van der Waals surface area contributed by atoms with Crippen molar-refractivity contribution in [3.05, 3.63) is 35.6 Å². The van der Waals surface area contributed by atoms with E-state index in [4.69, 9.17) is 25.8 Å². The third kappa shape index (κ3) is 5.53. The average Bonchev–Trinajstić information content (AvgIpc) is 2.81. The molecule has 0 saturated carbocycles. The van der Waals surface area contributed by atoms with Gasteiger partial charge in [-0.25, -0.2) is 0 Å². The van der Waals surface area contributed by atoms with Gasteiger partial charge in [0.15, 0.2) is 6.29 Å². The molecule has 6 nitrogen and oxygen atoms in total. The normalized spacial score (nSPS) is 28.9. The van der Waals surface area contributed by atoms with E-state index in [9.17, 15) is 5.11 Å². The monoisotopic (exact) mass is 464 g/mol. The molecule has 1 unspecified atom stereocenters. The molecule has 1 aromatic rings. The zero-order valence-electron chi connectivity index (χ0n) is 19.3. The van der Waals surface area contributed by atoms with Crippen LogP contribution in [0.3, 0.4) is 0 Å². The summed E-state index contributed by atoms with van der Waals surface area (Å²) in [6.45, 7) is 8.14. The highest BCUT2D eigenvalue weighted by Crippen LogP contribution is 2.40. The number of para-hydroxylation sites is 2. The molecule has 4 atom stereocenters. The first-order valence-electron chi connectivity index (χ1n) is 12.0. The molecular formula is C25H37ClN2O4. The standard InChI is InChI=1S/C25H37ClN2O4/c1-18-17-23(29)32-25-19(18)9-10-22(24(25)26)31-16-6-5-11-27-12-14-28(15-13-27)20-7-3-4-8-21(20)30-2/h3-4,7-8,18,22-24,29H,5-6,9-17H2,1-2H3/t18-,22?,23-,24-/m1/s1. The summed E-state index contributed by atoms with van der Waals surface area (Å²) in [7, 11) is 1.73. The van der Waals surface area contributed by atoms with Crippen LogP contribution >= 0.6 is 11.6 Å². The van der Waals surface area contributed by atoms with Crippen LogP contribution in [0.25, 0.3) is 0 Å². The number of aliphatic hydroxyl groups excluding tert-OH is 1. The molecule has 2 heterocycles. The molecule has 7 heteroatoms. The Bertz CT molecular complexity index is 781. The number of piperazine rings is 1. The maximum atomic E-state index is 9.93. The van der Waals surface area contributed by atoms with Crippen LogP contribution in [-0.2, 0) is 9.47 Å². The Hall–Kier alpha value is -1.47. The molecular weight excluding hydrogens is 428 g/mol. The number of methoxy groups -OCH3 is 1. The first-order chi connectivity index (χ1) is 15.6. The third-order valence-corrected chi connectivity index (χ3v) is 7.48. The summed E-state index contributed by atoms with van der Waals surface area (Å²) in [5, 5.41) is 9.64. The molecule has 0 radical (unpaired) electrons. The van der Waals surface area contributed by atoms with Crippen LogP contribution in [0.2, 0.25) is 0 Å². The SMILES string of the molecule is COc1ccccc1N1CCN(CCCCOC2CCC3=C(O[C@@H](O)C[C@H]3C)[C@@H]2Cl)CC1. The van der Waals surface area contributed by atoms with Gasteiger partial charge < -0.3 is 24.2 Å². The number of unbranched alkanes of at least 4 members (excludes halogenated alkanes) is 1. The van der Waals surface area contributed by atoms with Crippen LogP contribution in [0.1, 0.15) is 39.0 Å². The molecule has 1 saturated heterocycles. The maximum absolute atomic E-state index is 9.93. The molecule has 0 spiro atoms. The minimum absolute atomic E-state index is 0.0303. The predicted octanol–water partition coefficient (Wildman–Crippen LogP) is 4.01. The Morgan fingerprint density at radius 3 is 2.72 bits per heavy atom. The van der Waals surface area contributed by atoms with Gasteiger partial charge in [0.1, 0.15) is 16.9 Å². The second kappa shape index (κ2) is 11.1. The van der Waals surface area contributed by atoms with Gasteiger partial charge >= 0.3 is 0 Å². The zero-order chi connectivity index (χ0) is 22.5. The Balaban J connectivity index is 1.14. The van der Waals surface area contributed by atoms with Crippen molar-refractivity contribution in [2.45, 2.75) is 56.8 Å². The van der Waals surface area contributed by atoms with E-state index in [2.05, 4.69) is 28.9 Å². The van der Waals surface area contributed by atoms with E-state index in [0.29, 0.717) is 12.3 Å². The van der Waals surface area contributed by atoms with E-state index >= 15 is 0 Å². The highest BCUT2D eigenvalue weighted by molar-refractivity contribution is 6.22. The van der Waals surface area contributed by atoms with Crippen LogP contribution in [0, 0.1) is 5.92 Å². The first-order valence-corrected chi connectivity index (χ1v) is 12.4. The lowest BCUT2D eigenvalue weighted by molar-refractivity contribution is -0.101. The number of anilines is 1. The van der Waals surface area contributed by atoms with Crippen LogP contribution < -0.4 is 9.64 Å². The number of ether oxygens (including phenoxy) is 3. The molecule has 0 aromatic heterocycles. The molecule has 1 fully saturated rings. The fourth-order valence-electron chi connectivity index (χ4n) is 5.13. The molecule has 3 aliphatic rings. The van der Waals surface area contributed by atoms with Crippen molar-refractivity contribution >= 4 is 17.3 Å². The number of benzene rings is 1. The van der Waals surface area contributed by atoms with Crippen molar-refractivity contribution in [1.82, 2.24) is 4.90 Å². The van der Waals surface area contributed by atoms with Crippen molar-refractivity contribution in [3.63, 3.8) is 0 Å². The molecule has 0 bridgehead atoms. The largest absolute Gasteiger partial charge is 0.495 e. The van der Waals surface area contributed by atoms with E-state index in [1.165, 1.54) is 11.3 Å². The highest BCUT2D eigenvalue weighted by Gasteiger charge is 2.38. The predicted molar refractivity (Wildman–Crippen MR) is 127 cm³/mol. The van der Waals surface area contributed by atoms with Gasteiger partial charge in [-0.1, -0.05) is 19.1 Å². The summed E-state index contributed by atoms with van der Waals surface area (Å²) in [6.07, 6.45) is 3.91. The van der Waals surface area contributed by atoms with E-state index < -0.39 is 6.29 Å². The summed E-state index contributed by atoms with van der Waals surface area (Å²) in [5.74, 6) is 2.05. The fraction of sp³-hybridized carbons (Fsp3) is 0.680. The minimum atomic E-state index is -0.743. The van der Waals surface area contributed by atoms with Gasteiger partial charge in [0, 0.05) is 39.2 Å². The van der Waals surface area contributed by atoms with E-state index in [1.54, 1.807) is 7.11 Å². The lowest BCUT2D eigenvalue weighted by atomic mass is 9.84. The zero-order valence-corrected chi connectivity index (χ0v) is 20.1. The molecule has 4 rings (SSSR count). The smallest absolute Gasteiger partial charge is 0.197 e. The van der Waals surface area contributed by atoms with E-state index in [0.717, 1.165) is 76.5 Å². The Labute approximate surface area is 197 Å². The molecule has 2 aliphatic heterocycles. The summed E-state index contributed by atoms with van der Waals surface area (Å²) >= 11 is 6.67. The Morgan fingerprint density at radius 1 is 1.16 bits per heavy atom. The van der Waals surface area contributed by atoms with Gasteiger partial charge in [-0.15, -0.1) is 11.6 Å². The number of aliphatic hydroxyl groups is 1. The average molecular weight is 465 g/mol. The van der Waals surface area contributed by atoms with Crippen LogP contribution in [0.4, 0.5) is 5.69 Å². The summed E-state index contributed by atoms with van der Waals surface area (Å²) < 4.78 is 17.3. The topological polar surface area (TPSA) is 54.4 Å². The number of rotatable bonds is 8. The fourth-order valence-corrected chi connectivity index (χ4v) is 5.52. The van der Waals surface area contributed by atoms with Crippen molar-refractivity contribution in [2.75, 3.05) is 51.3 Å². The van der Waals surface area contributed by atoms with Gasteiger partial charge in [0.2, 0.25) is 0 Å². The lowest BCUT2D eigenvalue weighted by Crippen LogP contribution is -2.46. The van der Waals surface area contributed by atoms with Crippen molar-refractivity contribution in [3.8, 4) is 5.75 Å². The molecule has 178 valence electrons. The first kappa shape index (κ1) is 23.7. The van der Waals surface area contributed by atoms with Gasteiger partial charge in [-0.2, -0.15) is 0 Å². The third-order valence-electron chi connectivity index (χ3n) is 7.00. The molecule has 1 aliphatic carbocycles. The van der Waals surface area contributed by atoms with Gasteiger partial charge in [-0.3, -0.25) is 4.90 Å². The van der Waals surface area contributed by atoms with Gasteiger partial charge in [0.05, 0.1) is 18.9 Å². The summed E-state index contributed by atoms with van der Waals surface area (Å²) in [5.41, 5.74) is 2.45. The highest BCUT2D eigenvalue weighted by atomic mass is 35.5. The minimum Gasteiger partial charge on any atom is -0.495 e. The van der Waals surface area contributed by atoms with E-state index in [-0.39, 0.29) is 11.5 Å². The molecule has 32 heavy (non-hydrogen) atoms. The molecule has 0 amide bonds. The Kier molecular flexibility index (Phi) is 8.22.